The average molecular weight is 553 g/mol. The molecule has 41 heavy (non-hydrogen) atoms. The van der Waals surface area contributed by atoms with Gasteiger partial charge in [0, 0.05) is 80.6 Å². The van der Waals surface area contributed by atoms with E-state index in [9.17, 15) is 10.4 Å². The molecule has 7 heterocycles. The molecule has 3 aromatic rings. The smallest absolute Gasteiger partial charge is 0.212 e. The summed E-state index contributed by atoms with van der Waals surface area (Å²) in [5, 5.41) is 20.1. The van der Waals surface area contributed by atoms with Crippen molar-refractivity contribution in [3.63, 3.8) is 0 Å². The highest BCUT2D eigenvalue weighted by atomic mass is 16.5. The zero-order chi connectivity index (χ0) is 28.6. The van der Waals surface area contributed by atoms with Crippen molar-refractivity contribution in [3.8, 4) is 23.1 Å². The van der Waals surface area contributed by atoms with Crippen molar-refractivity contribution >= 4 is 17.1 Å². The fraction of sp³-hybridized carbons (Fsp3) is 0.419. The molecule has 0 amide bonds. The number of nitrogens with zero attached hydrogens (tertiary/aromatic N) is 7. The van der Waals surface area contributed by atoms with Crippen LogP contribution in [0.1, 0.15) is 37.4 Å². The van der Waals surface area contributed by atoms with Gasteiger partial charge in [0.2, 0.25) is 5.88 Å². The third kappa shape index (κ3) is 5.43. The molecule has 4 aliphatic heterocycles. The highest BCUT2D eigenvalue weighted by Crippen LogP contribution is 2.37. The summed E-state index contributed by atoms with van der Waals surface area (Å²) >= 11 is 0. The lowest BCUT2D eigenvalue weighted by Crippen LogP contribution is -2.68. The molecule has 0 spiro atoms. The Labute approximate surface area is 240 Å². The van der Waals surface area contributed by atoms with Crippen LogP contribution in [0.4, 0.5) is 11.5 Å². The molecule has 3 aromatic heterocycles. The molecule has 7 rings (SSSR count). The maximum absolute atomic E-state index is 10.4. The SMILES string of the molecule is COc1ccc(CN2C3CC2CN(c2ccc(-c4cc(N5CCC(C)(O)CC5)cnc4/C(C#N)=C\N)cn2)C3)cn1. The Kier molecular flexibility index (Phi) is 7.24. The van der Waals surface area contributed by atoms with Crippen molar-refractivity contribution in [3.05, 3.63) is 66.4 Å². The Balaban J connectivity index is 1.18. The van der Waals surface area contributed by atoms with Crippen LogP contribution in [-0.4, -0.2) is 75.9 Å². The van der Waals surface area contributed by atoms with Crippen LogP contribution in [0.25, 0.3) is 16.7 Å². The second-order valence-electron chi connectivity index (χ2n) is 11.5. The minimum Gasteiger partial charge on any atom is -0.481 e. The predicted octanol–water partition coefficient (Wildman–Crippen LogP) is 3.18. The fourth-order valence-electron chi connectivity index (χ4n) is 6.18. The van der Waals surface area contributed by atoms with Crippen LogP contribution in [0.15, 0.2) is 55.1 Å². The molecule has 212 valence electrons. The number of anilines is 2. The van der Waals surface area contributed by atoms with Crippen LogP contribution in [0, 0.1) is 11.3 Å². The molecule has 2 unspecified atom stereocenters. The van der Waals surface area contributed by atoms with E-state index in [-0.39, 0.29) is 0 Å². The largest absolute Gasteiger partial charge is 0.481 e. The third-order valence-electron chi connectivity index (χ3n) is 8.72. The summed E-state index contributed by atoms with van der Waals surface area (Å²) in [4.78, 5) is 21.0. The van der Waals surface area contributed by atoms with Gasteiger partial charge in [0.15, 0.2) is 0 Å². The zero-order valence-corrected chi connectivity index (χ0v) is 23.6. The number of piperidine rings is 2. The molecule has 2 atom stereocenters. The Hall–Kier alpha value is -4.20. The number of ether oxygens (including phenoxy) is 1. The predicted molar refractivity (Wildman–Crippen MR) is 158 cm³/mol. The van der Waals surface area contributed by atoms with Crippen molar-refractivity contribution in [1.29, 1.82) is 5.26 Å². The monoisotopic (exact) mass is 552 g/mol. The first-order valence-electron chi connectivity index (χ1n) is 14.1. The van der Waals surface area contributed by atoms with Crippen LogP contribution < -0.4 is 20.3 Å². The molecular formula is C31H36N8O2. The maximum Gasteiger partial charge on any atom is 0.212 e. The van der Waals surface area contributed by atoms with Gasteiger partial charge in [-0.3, -0.25) is 9.88 Å². The summed E-state index contributed by atoms with van der Waals surface area (Å²) in [6, 6.07) is 13.3. The molecule has 10 heteroatoms. The maximum atomic E-state index is 10.4. The number of methoxy groups -OCH3 is 1. The summed E-state index contributed by atoms with van der Waals surface area (Å²) in [5.74, 6) is 1.59. The number of hydrogen-bond acceptors (Lipinski definition) is 10. The molecule has 0 radical (unpaired) electrons. The Morgan fingerprint density at radius 1 is 1.10 bits per heavy atom. The summed E-state index contributed by atoms with van der Waals surface area (Å²) in [6.45, 7) is 6.13. The van der Waals surface area contributed by atoms with E-state index in [1.807, 2.05) is 25.4 Å². The van der Waals surface area contributed by atoms with E-state index in [0.29, 0.717) is 42.1 Å². The number of rotatable bonds is 7. The Bertz CT molecular complexity index is 1440. The molecule has 0 saturated carbocycles. The quantitative estimate of drug-likeness (QED) is 0.422. The van der Waals surface area contributed by atoms with E-state index >= 15 is 0 Å². The van der Waals surface area contributed by atoms with E-state index in [1.54, 1.807) is 13.3 Å². The summed E-state index contributed by atoms with van der Waals surface area (Å²) in [7, 11) is 1.63. The van der Waals surface area contributed by atoms with Crippen LogP contribution in [-0.2, 0) is 6.54 Å². The first kappa shape index (κ1) is 27.0. The van der Waals surface area contributed by atoms with Crippen LogP contribution >= 0.6 is 0 Å². The average Bonchev–Trinajstić information content (AvgIpc) is 3.01. The van der Waals surface area contributed by atoms with Crippen molar-refractivity contribution < 1.29 is 9.84 Å². The number of allylic oxidation sites excluding steroid dienone is 1. The number of pyridine rings is 3. The van der Waals surface area contributed by atoms with Gasteiger partial charge < -0.3 is 25.4 Å². The molecule has 0 aliphatic carbocycles. The minimum absolute atomic E-state index is 0.320. The normalized spacial score (nSPS) is 22.1. The second-order valence-corrected chi connectivity index (χ2v) is 11.5. The van der Waals surface area contributed by atoms with E-state index in [2.05, 4.69) is 55.0 Å². The van der Waals surface area contributed by atoms with E-state index < -0.39 is 5.60 Å². The topological polar surface area (TPSA) is 128 Å². The van der Waals surface area contributed by atoms with Crippen LogP contribution in [0.5, 0.6) is 5.88 Å². The molecule has 4 fully saturated rings. The van der Waals surface area contributed by atoms with Crippen molar-refractivity contribution in [1.82, 2.24) is 19.9 Å². The lowest BCUT2D eigenvalue weighted by Gasteiger charge is -2.56. The first-order chi connectivity index (χ1) is 19.9. The number of aromatic nitrogens is 3. The van der Waals surface area contributed by atoms with Crippen LogP contribution in [0.3, 0.4) is 0 Å². The van der Waals surface area contributed by atoms with Crippen molar-refractivity contribution in [2.24, 2.45) is 5.73 Å². The zero-order valence-electron chi connectivity index (χ0n) is 23.6. The standard InChI is InChI=1S/C31H36N8O2/c1-31(40)7-9-37(10-8-31)24-12-27(30(36-17-24)23(13-32)14-33)22-4-5-28(34-16-22)38-19-25-11-26(20-38)39(25)18-21-3-6-29(41-2)35-15-21/h3-6,12-13,15-17,25-26,40H,7-11,18-20,32H2,1-2H3/b23-13-. The second kappa shape index (κ2) is 11.0. The van der Waals surface area contributed by atoms with Gasteiger partial charge in [-0.1, -0.05) is 6.07 Å². The lowest BCUT2D eigenvalue weighted by atomic mass is 9.87. The minimum atomic E-state index is -0.637. The number of aliphatic hydroxyl groups is 1. The van der Waals surface area contributed by atoms with Gasteiger partial charge in [0.05, 0.1) is 35.9 Å². The van der Waals surface area contributed by atoms with Crippen molar-refractivity contribution in [2.45, 2.75) is 50.4 Å². The van der Waals surface area contributed by atoms with E-state index in [1.165, 1.54) is 18.2 Å². The van der Waals surface area contributed by atoms with Gasteiger partial charge in [0.25, 0.3) is 0 Å². The first-order valence-corrected chi connectivity index (χ1v) is 14.1. The molecule has 2 bridgehead atoms. The number of piperazine rings is 1. The molecule has 0 aromatic carbocycles. The number of fused-ring (bicyclic) bond motifs is 2. The molecule has 4 saturated heterocycles. The number of nitrogens with two attached hydrogens (primary N) is 1. The molecule has 3 N–H and O–H groups in total. The summed E-state index contributed by atoms with van der Waals surface area (Å²) in [5.41, 5.74) is 9.87. The summed E-state index contributed by atoms with van der Waals surface area (Å²) < 4.78 is 5.18. The van der Waals surface area contributed by atoms with Gasteiger partial charge in [-0.05, 0) is 49.9 Å². The van der Waals surface area contributed by atoms with Gasteiger partial charge in [0.1, 0.15) is 11.9 Å². The molecule has 10 nitrogen and oxygen atoms in total. The van der Waals surface area contributed by atoms with Gasteiger partial charge >= 0.3 is 0 Å². The Morgan fingerprint density at radius 2 is 1.88 bits per heavy atom. The molecule has 4 aliphatic rings. The van der Waals surface area contributed by atoms with Gasteiger partial charge in [-0.2, -0.15) is 5.26 Å². The third-order valence-corrected chi connectivity index (χ3v) is 8.72. The van der Waals surface area contributed by atoms with Gasteiger partial charge in [-0.15, -0.1) is 0 Å². The van der Waals surface area contributed by atoms with Crippen LogP contribution in [0.2, 0.25) is 0 Å². The summed E-state index contributed by atoms with van der Waals surface area (Å²) in [6.07, 6.45) is 9.45. The lowest BCUT2D eigenvalue weighted by molar-refractivity contribution is -0.00876. The molecular weight excluding hydrogens is 516 g/mol. The highest BCUT2D eigenvalue weighted by molar-refractivity contribution is 5.86. The number of hydrogen-bond donors (Lipinski definition) is 2. The van der Waals surface area contributed by atoms with Gasteiger partial charge in [-0.25, -0.2) is 9.97 Å². The van der Waals surface area contributed by atoms with E-state index in [0.717, 1.165) is 55.4 Å². The fourth-order valence-corrected chi connectivity index (χ4v) is 6.18. The van der Waals surface area contributed by atoms with E-state index in [4.69, 9.17) is 15.5 Å². The van der Waals surface area contributed by atoms with Crippen molar-refractivity contribution in [2.75, 3.05) is 43.1 Å². The number of nitriles is 1. The Morgan fingerprint density at radius 3 is 2.49 bits per heavy atom. The highest BCUT2D eigenvalue weighted by Gasteiger charge is 2.44.